The number of rotatable bonds is 6. The van der Waals surface area contributed by atoms with Crippen LogP contribution in [-0.2, 0) is 23.4 Å². The van der Waals surface area contributed by atoms with E-state index in [0.29, 0.717) is 23.8 Å². The van der Waals surface area contributed by atoms with Gasteiger partial charge in [0.05, 0.1) is 5.75 Å². The van der Waals surface area contributed by atoms with E-state index in [9.17, 15) is 4.79 Å². The molecule has 8 heteroatoms. The van der Waals surface area contributed by atoms with Gasteiger partial charge < -0.3 is 16.8 Å². The van der Waals surface area contributed by atoms with Crippen LogP contribution in [0.1, 0.15) is 29.8 Å². The normalized spacial score (nSPS) is 12.8. The van der Waals surface area contributed by atoms with Gasteiger partial charge in [0.25, 0.3) is 0 Å². The highest BCUT2D eigenvalue weighted by Crippen LogP contribution is 2.25. The molecule has 1 aromatic heterocycles. The fraction of sp³-hybridized carbons (Fsp3) is 0.375. The van der Waals surface area contributed by atoms with Crippen molar-refractivity contribution in [1.29, 1.82) is 0 Å². The largest absolute Gasteiger partial charge is 0.368 e. The number of carbonyl (C=O) groups is 1. The van der Waals surface area contributed by atoms with E-state index in [1.807, 2.05) is 6.07 Å². The Labute approximate surface area is 144 Å². The Bertz CT molecular complexity index is 731. The predicted octanol–water partition coefficient (Wildman–Crippen LogP) is 1.79. The maximum absolute atomic E-state index is 12.0. The molecule has 0 radical (unpaired) electrons. The summed E-state index contributed by atoms with van der Waals surface area (Å²) in [6, 6.07) is 6.18. The summed E-state index contributed by atoms with van der Waals surface area (Å²) >= 11 is 1.56. The first-order valence-electron chi connectivity index (χ1n) is 7.85. The second-order valence-corrected chi connectivity index (χ2v) is 6.76. The number of amides is 1. The standard InChI is InChI=1S/C16H20N6OS/c17-15-20-13(21-16(18)22-15)9-24-7-6-14(23)19-12-5-4-10-2-1-3-11(10)8-12/h4-5,8H,1-3,6-7,9H2,(H,19,23)(H4,17,18,20,21,22). The monoisotopic (exact) mass is 344 g/mol. The summed E-state index contributed by atoms with van der Waals surface area (Å²) in [4.78, 5) is 23.8. The maximum atomic E-state index is 12.0. The Kier molecular flexibility index (Phi) is 5.14. The molecule has 1 aromatic carbocycles. The molecule has 1 heterocycles. The number of hydrogen-bond donors (Lipinski definition) is 3. The number of nitrogen functional groups attached to an aromatic ring is 2. The van der Waals surface area contributed by atoms with Gasteiger partial charge >= 0.3 is 0 Å². The van der Waals surface area contributed by atoms with E-state index in [2.05, 4.69) is 32.4 Å². The summed E-state index contributed by atoms with van der Waals surface area (Å²) in [5.74, 6) is 1.99. The summed E-state index contributed by atoms with van der Waals surface area (Å²) in [5, 5.41) is 2.96. The van der Waals surface area contributed by atoms with Gasteiger partial charge in [0.1, 0.15) is 5.82 Å². The Morgan fingerprint density at radius 1 is 1.12 bits per heavy atom. The first kappa shape index (κ1) is 16.5. The third kappa shape index (κ3) is 4.35. The number of thioether (sulfide) groups is 1. The minimum atomic E-state index is 0.00937. The highest BCUT2D eigenvalue weighted by Gasteiger charge is 2.12. The molecule has 1 aliphatic rings. The van der Waals surface area contributed by atoms with E-state index >= 15 is 0 Å². The lowest BCUT2D eigenvalue weighted by atomic mass is 10.1. The van der Waals surface area contributed by atoms with Gasteiger partial charge in [-0.2, -0.15) is 26.7 Å². The van der Waals surface area contributed by atoms with Crippen LogP contribution < -0.4 is 16.8 Å². The van der Waals surface area contributed by atoms with Crippen LogP contribution in [0.5, 0.6) is 0 Å². The van der Waals surface area contributed by atoms with Gasteiger partial charge in [0.15, 0.2) is 0 Å². The van der Waals surface area contributed by atoms with Gasteiger partial charge in [0.2, 0.25) is 17.8 Å². The molecule has 2 aromatic rings. The zero-order valence-corrected chi connectivity index (χ0v) is 14.1. The second-order valence-electron chi connectivity index (χ2n) is 5.66. The first-order valence-corrected chi connectivity index (χ1v) is 9.01. The van der Waals surface area contributed by atoms with E-state index in [-0.39, 0.29) is 17.8 Å². The Balaban J connectivity index is 1.42. The lowest BCUT2D eigenvalue weighted by Gasteiger charge is -2.07. The predicted molar refractivity (Wildman–Crippen MR) is 96.5 cm³/mol. The molecule has 0 saturated carbocycles. The average molecular weight is 344 g/mol. The van der Waals surface area contributed by atoms with Crippen molar-refractivity contribution in [1.82, 2.24) is 15.0 Å². The quantitative estimate of drug-likeness (QED) is 0.683. The third-order valence-electron chi connectivity index (χ3n) is 3.80. The number of benzene rings is 1. The molecule has 1 amide bonds. The number of carbonyl (C=O) groups excluding carboxylic acids is 1. The topological polar surface area (TPSA) is 120 Å². The van der Waals surface area contributed by atoms with Crippen molar-refractivity contribution in [3.05, 3.63) is 35.2 Å². The van der Waals surface area contributed by atoms with Crippen molar-refractivity contribution >= 4 is 35.3 Å². The van der Waals surface area contributed by atoms with Crippen LogP contribution in [0.25, 0.3) is 0 Å². The summed E-state index contributed by atoms with van der Waals surface area (Å²) < 4.78 is 0. The van der Waals surface area contributed by atoms with Crippen molar-refractivity contribution in [2.45, 2.75) is 31.4 Å². The second kappa shape index (κ2) is 7.48. The molecule has 0 aliphatic heterocycles. The number of aryl methyl sites for hydroxylation is 2. The van der Waals surface area contributed by atoms with Gasteiger partial charge in [0, 0.05) is 17.9 Å². The van der Waals surface area contributed by atoms with Gasteiger partial charge in [-0.05, 0) is 42.5 Å². The van der Waals surface area contributed by atoms with Crippen LogP contribution in [0.2, 0.25) is 0 Å². The molecule has 0 spiro atoms. The molecule has 3 rings (SSSR count). The van der Waals surface area contributed by atoms with E-state index in [4.69, 9.17) is 11.5 Å². The first-order chi connectivity index (χ1) is 11.6. The molecular weight excluding hydrogens is 324 g/mol. The lowest BCUT2D eigenvalue weighted by molar-refractivity contribution is -0.115. The number of aromatic nitrogens is 3. The molecule has 0 unspecified atom stereocenters. The van der Waals surface area contributed by atoms with Crippen LogP contribution in [0.15, 0.2) is 18.2 Å². The van der Waals surface area contributed by atoms with Gasteiger partial charge in [-0.3, -0.25) is 4.79 Å². The SMILES string of the molecule is Nc1nc(N)nc(CSCCC(=O)Nc2ccc3c(c2)CCC3)n1. The highest BCUT2D eigenvalue weighted by molar-refractivity contribution is 7.98. The molecule has 24 heavy (non-hydrogen) atoms. The van der Waals surface area contributed by atoms with Crippen LogP contribution in [-0.4, -0.2) is 26.6 Å². The van der Waals surface area contributed by atoms with E-state index < -0.39 is 0 Å². The number of hydrogen-bond acceptors (Lipinski definition) is 7. The molecule has 1 aliphatic carbocycles. The molecule has 0 saturated heterocycles. The fourth-order valence-electron chi connectivity index (χ4n) is 2.72. The van der Waals surface area contributed by atoms with Crippen molar-refractivity contribution in [3.63, 3.8) is 0 Å². The average Bonchev–Trinajstić information content (AvgIpc) is 2.98. The fourth-order valence-corrected chi connectivity index (χ4v) is 3.51. The van der Waals surface area contributed by atoms with Crippen molar-refractivity contribution < 1.29 is 4.79 Å². The van der Waals surface area contributed by atoms with Gasteiger partial charge in [-0.1, -0.05) is 6.07 Å². The summed E-state index contributed by atoms with van der Waals surface area (Å²) in [5.41, 5.74) is 14.7. The Morgan fingerprint density at radius 2 is 1.88 bits per heavy atom. The molecule has 7 nitrogen and oxygen atoms in total. The van der Waals surface area contributed by atoms with E-state index in [1.54, 1.807) is 11.8 Å². The van der Waals surface area contributed by atoms with Crippen LogP contribution >= 0.6 is 11.8 Å². The maximum Gasteiger partial charge on any atom is 0.225 e. The summed E-state index contributed by atoms with van der Waals surface area (Å²) in [6.45, 7) is 0. The molecule has 0 bridgehead atoms. The van der Waals surface area contributed by atoms with Gasteiger partial charge in [-0.15, -0.1) is 0 Å². The third-order valence-corrected chi connectivity index (χ3v) is 4.76. The lowest BCUT2D eigenvalue weighted by Crippen LogP contribution is -2.12. The summed E-state index contributed by atoms with van der Waals surface area (Å²) in [6.07, 6.45) is 3.88. The molecule has 126 valence electrons. The van der Waals surface area contributed by atoms with Crippen molar-refractivity contribution in [2.24, 2.45) is 0 Å². The molecular formula is C16H20N6OS. The zero-order chi connectivity index (χ0) is 16.9. The van der Waals surface area contributed by atoms with E-state index in [0.717, 1.165) is 18.5 Å². The number of anilines is 3. The minimum absolute atomic E-state index is 0.00937. The molecule has 5 N–H and O–H groups in total. The zero-order valence-electron chi connectivity index (χ0n) is 13.3. The number of nitrogens with one attached hydrogen (secondary N) is 1. The number of fused-ring (bicyclic) bond motifs is 1. The number of nitrogens with zero attached hydrogens (tertiary/aromatic N) is 3. The van der Waals surface area contributed by atoms with Crippen molar-refractivity contribution in [2.75, 3.05) is 22.5 Å². The minimum Gasteiger partial charge on any atom is -0.368 e. The Morgan fingerprint density at radius 3 is 2.67 bits per heavy atom. The van der Waals surface area contributed by atoms with Gasteiger partial charge in [-0.25, -0.2) is 0 Å². The van der Waals surface area contributed by atoms with Crippen LogP contribution in [0.4, 0.5) is 17.6 Å². The van der Waals surface area contributed by atoms with Crippen molar-refractivity contribution in [3.8, 4) is 0 Å². The highest BCUT2D eigenvalue weighted by atomic mass is 32.2. The number of nitrogens with two attached hydrogens (primary N) is 2. The molecule has 0 fully saturated rings. The summed E-state index contributed by atoms with van der Waals surface area (Å²) in [7, 11) is 0. The smallest absolute Gasteiger partial charge is 0.225 e. The molecule has 0 atom stereocenters. The van der Waals surface area contributed by atoms with Crippen LogP contribution in [0, 0.1) is 0 Å². The van der Waals surface area contributed by atoms with Crippen LogP contribution in [0.3, 0.4) is 0 Å². The Hall–Kier alpha value is -2.35. The van der Waals surface area contributed by atoms with E-state index in [1.165, 1.54) is 17.5 Å².